The fourth-order valence-electron chi connectivity index (χ4n) is 8.53. The van der Waals surface area contributed by atoms with Gasteiger partial charge in [-0.3, -0.25) is 4.57 Å². The monoisotopic (exact) mass is 694 g/mol. The van der Waals surface area contributed by atoms with Crippen molar-refractivity contribution in [3.05, 3.63) is 204 Å². The van der Waals surface area contributed by atoms with Gasteiger partial charge in [-0.05, 0) is 52.6 Å². The molecule has 3 aromatic heterocycles. The van der Waals surface area contributed by atoms with Crippen molar-refractivity contribution >= 4 is 42.4 Å². The average molecular weight is 695 g/mol. The summed E-state index contributed by atoms with van der Waals surface area (Å²) in [6.45, 7) is 0. The topological polar surface area (TPSA) is 43.6 Å². The van der Waals surface area contributed by atoms with Gasteiger partial charge in [0.25, 0.3) is 0 Å². The van der Waals surface area contributed by atoms with Crippen LogP contribution in [0.1, 0.15) is 22.4 Å². The summed E-state index contributed by atoms with van der Waals surface area (Å²) < 4.78 is 4.84. The number of para-hydroxylation sites is 1. The highest BCUT2D eigenvalue weighted by molar-refractivity contribution is 7.25. The lowest BCUT2D eigenvalue weighted by Gasteiger charge is -2.34. The molecule has 5 heteroatoms. The van der Waals surface area contributed by atoms with Gasteiger partial charge in [-0.15, -0.1) is 11.3 Å². The Balaban J connectivity index is 1.27. The van der Waals surface area contributed by atoms with Crippen LogP contribution in [-0.2, 0) is 5.41 Å². The summed E-state index contributed by atoms with van der Waals surface area (Å²) >= 11 is 1.81. The first-order valence-electron chi connectivity index (χ1n) is 17.9. The van der Waals surface area contributed by atoms with Gasteiger partial charge in [0.1, 0.15) is 0 Å². The minimum absolute atomic E-state index is 0.589. The molecule has 0 radical (unpaired) electrons. The first-order valence-corrected chi connectivity index (χ1v) is 18.7. The third-order valence-corrected chi connectivity index (χ3v) is 11.9. The Bertz CT molecular complexity index is 2960. The smallest absolute Gasteiger partial charge is 0.238 e. The fraction of sp³-hybridized carbons (Fsp3) is 0.0208. The first kappa shape index (κ1) is 30.0. The third kappa shape index (κ3) is 4.38. The van der Waals surface area contributed by atoms with E-state index >= 15 is 0 Å². The lowest BCUT2D eigenvalue weighted by molar-refractivity contribution is 0.706. The van der Waals surface area contributed by atoms with E-state index in [1.807, 2.05) is 29.5 Å². The van der Waals surface area contributed by atoms with Crippen LogP contribution in [0.2, 0.25) is 0 Å². The molecule has 0 spiro atoms. The Morgan fingerprint density at radius 2 is 1.04 bits per heavy atom. The van der Waals surface area contributed by atoms with E-state index in [9.17, 15) is 0 Å². The number of fused-ring (bicyclic) bond motifs is 8. The Labute approximate surface area is 310 Å². The molecule has 0 N–H and O–H groups in total. The van der Waals surface area contributed by atoms with Crippen molar-refractivity contribution in [3.63, 3.8) is 0 Å². The van der Waals surface area contributed by atoms with Crippen molar-refractivity contribution in [2.24, 2.45) is 0 Å². The van der Waals surface area contributed by atoms with Crippen LogP contribution in [0.3, 0.4) is 0 Å². The summed E-state index contributed by atoms with van der Waals surface area (Å²) in [5, 5.41) is 3.62. The quantitative estimate of drug-likeness (QED) is 0.180. The predicted molar refractivity (Wildman–Crippen MR) is 218 cm³/mol. The number of nitrogens with zero attached hydrogens (tertiary/aromatic N) is 4. The van der Waals surface area contributed by atoms with Crippen molar-refractivity contribution in [2.45, 2.75) is 5.41 Å². The van der Waals surface area contributed by atoms with Gasteiger partial charge in [-0.1, -0.05) is 152 Å². The molecule has 3 heterocycles. The molecule has 0 atom stereocenters. The molecule has 0 unspecified atom stereocenters. The SMILES string of the molecule is c1ccc(-c2nc(-c3ccc4sc5ccccc5c4c3)nc(-n3c4c(c5ccccc53)-c3ccccc3C4(c3ccccc3)c3ccccc3)n2)cc1. The highest BCUT2D eigenvalue weighted by Crippen LogP contribution is 2.59. The summed E-state index contributed by atoms with van der Waals surface area (Å²) in [5.74, 6) is 1.86. The van der Waals surface area contributed by atoms with Crippen LogP contribution in [-0.4, -0.2) is 19.5 Å². The molecule has 1 aliphatic rings. The van der Waals surface area contributed by atoms with Crippen LogP contribution in [0.15, 0.2) is 182 Å². The van der Waals surface area contributed by atoms with E-state index in [1.165, 1.54) is 48.0 Å². The summed E-state index contributed by atoms with van der Waals surface area (Å²) in [7, 11) is 0. The van der Waals surface area contributed by atoms with Crippen molar-refractivity contribution in [2.75, 3.05) is 0 Å². The Morgan fingerprint density at radius 3 is 1.79 bits per heavy atom. The van der Waals surface area contributed by atoms with Gasteiger partial charge >= 0.3 is 0 Å². The van der Waals surface area contributed by atoms with E-state index < -0.39 is 5.41 Å². The second-order valence-corrected chi connectivity index (χ2v) is 14.6. The average Bonchev–Trinajstić information content (AvgIpc) is 3.88. The molecule has 248 valence electrons. The number of benzene rings is 7. The molecule has 0 aliphatic heterocycles. The van der Waals surface area contributed by atoms with Crippen molar-refractivity contribution in [3.8, 4) is 39.9 Å². The van der Waals surface area contributed by atoms with E-state index in [-0.39, 0.29) is 0 Å². The molecule has 53 heavy (non-hydrogen) atoms. The molecule has 10 aromatic rings. The van der Waals surface area contributed by atoms with Gasteiger partial charge in [0, 0.05) is 42.2 Å². The van der Waals surface area contributed by atoms with E-state index in [0.29, 0.717) is 17.6 Å². The first-order chi connectivity index (χ1) is 26.3. The van der Waals surface area contributed by atoms with E-state index in [0.717, 1.165) is 27.7 Å². The zero-order valence-corrected chi connectivity index (χ0v) is 29.3. The third-order valence-electron chi connectivity index (χ3n) is 10.7. The number of hydrogen-bond acceptors (Lipinski definition) is 4. The van der Waals surface area contributed by atoms with Crippen LogP contribution in [0, 0.1) is 0 Å². The molecule has 0 amide bonds. The predicted octanol–water partition coefficient (Wildman–Crippen LogP) is 11.9. The summed E-state index contributed by atoms with van der Waals surface area (Å²) in [6, 6.07) is 64.8. The zero-order valence-electron chi connectivity index (χ0n) is 28.5. The number of hydrogen-bond donors (Lipinski definition) is 0. The maximum Gasteiger partial charge on any atom is 0.238 e. The van der Waals surface area contributed by atoms with Crippen molar-refractivity contribution in [1.29, 1.82) is 0 Å². The highest BCUT2D eigenvalue weighted by Gasteiger charge is 2.50. The normalized spacial score (nSPS) is 13.1. The minimum Gasteiger partial charge on any atom is -0.280 e. The van der Waals surface area contributed by atoms with E-state index in [2.05, 4.69) is 168 Å². The molecule has 1 aliphatic carbocycles. The highest BCUT2D eigenvalue weighted by atomic mass is 32.1. The largest absolute Gasteiger partial charge is 0.280 e. The Hall–Kier alpha value is -6.69. The van der Waals surface area contributed by atoms with E-state index in [4.69, 9.17) is 15.0 Å². The summed E-state index contributed by atoms with van der Waals surface area (Å²) in [4.78, 5) is 16.0. The zero-order chi connectivity index (χ0) is 34.9. The second-order valence-electron chi connectivity index (χ2n) is 13.6. The van der Waals surface area contributed by atoms with Gasteiger partial charge in [0.05, 0.1) is 16.6 Å². The standard InChI is InChI=1S/C48H30N4S/c1-4-16-31(17-5-1)45-49-46(32-28-29-42-38(30-32)35-22-12-15-27-41(35)53-42)51-47(50-45)52-40-26-14-11-24-37(40)43-36-23-10-13-25-39(36)48(44(43)52,33-18-6-2-7-19-33)34-20-8-3-9-21-34/h1-30H. The molecule has 7 aromatic carbocycles. The number of aromatic nitrogens is 4. The lowest BCUT2D eigenvalue weighted by Crippen LogP contribution is -2.31. The van der Waals surface area contributed by atoms with Crippen LogP contribution in [0.4, 0.5) is 0 Å². The van der Waals surface area contributed by atoms with E-state index in [1.54, 1.807) is 0 Å². The molecule has 4 nitrogen and oxygen atoms in total. The molecule has 11 rings (SSSR count). The Kier molecular flexibility index (Phi) is 6.60. The Morgan fingerprint density at radius 1 is 0.453 bits per heavy atom. The summed E-state index contributed by atoms with van der Waals surface area (Å²) in [6.07, 6.45) is 0. The van der Waals surface area contributed by atoms with Crippen LogP contribution >= 0.6 is 11.3 Å². The molecular weight excluding hydrogens is 665 g/mol. The maximum atomic E-state index is 5.43. The molecular formula is C48H30N4S. The fourth-order valence-corrected chi connectivity index (χ4v) is 9.62. The molecule has 0 bridgehead atoms. The van der Waals surface area contributed by atoms with Gasteiger partial charge in [-0.25, -0.2) is 4.98 Å². The maximum absolute atomic E-state index is 5.43. The molecule has 0 fully saturated rings. The summed E-state index contributed by atoms with van der Waals surface area (Å²) in [5.41, 5.74) is 9.48. The van der Waals surface area contributed by atoms with Gasteiger partial charge < -0.3 is 0 Å². The number of rotatable bonds is 5. The minimum atomic E-state index is -0.651. The van der Waals surface area contributed by atoms with Gasteiger partial charge in [0.15, 0.2) is 11.6 Å². The van der Waals surface area contributed by atoms with Gasteiger partial charge in [0.2, 0.25) is 5.95 Å². The van der Waals surface area contributed by atoms with Crippen LogP contribution in [0.5, 0.6) is 0 Å². The molecule has 0 saturated carbocycles. The second kappa shape index (κ2) is 11.7. The van der Waals surface area contributed by atoms with Gasteiger partial charge in [-0.2, -0.15) is 9.97 Å². The van der Waals surface area contributed by atoms with Crippen LogP contribution < -0.4 is 0 Å². The molecule has 0 saturated heterocycles. The van der Waals surface area contributed by atoms with Crippen LogP contribution in [0.25, 0.3) is 70.9 Å². The van der Waals surface area contributed by atoms with Crippen molar-refractivity contribution in [1.82, 2.24) is 19.5 Å². The van der Waals surface area contributed by atoms with Crippen molar-refractivity contribution < 1.29 is 0 Å². The number of thiophene rings is 1. The lowest BCUT2D eigenvalue weighted by atomic mass is 9.69.